The van der Waals surface area contributed by atoms with Gasteiger partial charge in [0.25, 0.3) is 11.8 Å². The van der Waals surface area contributed by atoms with Gasteiger partial charge in [-0.3, -0.25) is 14.3 Å². The maximum Gasteiger partial charge on any atom is 0.269 e. The Balaban J connectivity index is 1.57. The van der Waals surface area contributed by atoms with Gasteiger partial charge >= 0.3 is 0 Å². The lowest BCUT2D eigenvalue weighted by atomic mass is 10.0. The molecule has 10 heteroatoms. The summed E-state index contributed by atoms with van der Waals surface area (Å²) < 4.78 is 3.20. The topological polar surface area (TPSA) is 132 Å². The molecule has 1 atom stereocenters. The number of rotatable bonds is 3. The predicted octanol–water partition coefficient (Wildman–Crippen LogP) is 0.865. The van der Waals surface area contributed by atoms with E-state index in [1.54, 1.807) is 48.3 Å². The van der Waals surface area contributed by atoms with Crippen LogP contribution in [0.5, 0.6) is 0 Å². The first-order valence-corrected chi connectivity index (χ1v) is 10.6. The summed E-state index contributed by atoms with van der Waals surface area (Å²) in [4.78, 5) is 30.3. The normalized spacial score (nSPS) is 17.7. The number of primary amides is 1. The third kappa shape index (κ3) is 3.58. The number of hydrogen-bond acceptors (Lipinski definition) is 6. The van der Waals surface area contributed by atoms with Crippen molar-refractivity contribution in [2.75, 3.05) is 13.6 Å². The average Bonchev–Trinajstić information content (AvgIpc) is 3.50. The van der Waals surface area contributed by atoms with Crippen LogP contribution in [0.2, 0.25) is 0 Å². The third-order valence-electron chi connectivity index (χ3n) is 5.78. The SMILES string of the molecule is CN1CCC(O)(C#Cc2cccc(-n3nc(C(N)=O)c4cc(-c5ccn(C)n5)cnc43)c2)C1=O. The zero-order valence-electron chi connectivity index (χ0n) is 18.6. The van der Waals surface area contributed by atoms with Crippen molar-refractivity contribution in [1.29, 1.82) is 0 Å². The minimum atomic E-state index is -1.69. The molecule has 1 aromatic carbocycles. The van der Waals surface area contributed by atoms with Crippen molar-refractivity contribution in [2.24, 2.45) is 12.8 Å². The molecule has 1 fully saturated rings. The van der Waals surface area contributed by atoms with Gasteiger partial charge in [-0.25, -0.2) is 9.67 Å². The summed E-state index contributed by atoms with van der Waals surface area (Å²) in [5, 5.41) is 19.8. The van der Waals surface area contributed by atoms with Crippen LogP contribution in [0.4, 0.5) is 0 Å². The summed E-state index contributed by atoms with van der Waals surface area (Å²) in [6.45, 7) is 0.450. The zero-order valence-corrected chi connectivity index (χ0v) is 18.6. The van der Waals surface area contributed by atoms with E-state index in [-0.39, 0.29) is 12.1 Å². The highest BCUT2D eigenvalue weighted by molar-refractivity contribution is 6.04. The second-order valence-electron chi connectivity index (χ2n) is 8.23. The number of pyridine rings is 1. The lowest BCUT2D eigenvalue weighted by Crippen LogP contribution is -2.37. The maximum atomic E-state index is 12.2. The quantitative estimate of drug-likeness (QED) is 0.441. The van der Waals surface area contributed by atoms with E-state index in [0.717, 1.165) is 5.56 Å². The van der Waals surface area contributed by atoms with Crippen molar-refractivity contribution in [3.05, 3.63) is 60.0 Å². The van der Waals surface area contributed by atoms with E-state index in [1.807, 2.05) is 19.3 Å². The molecule has 3 aromatic heterocycles. The molecule has 4 aromatic rings. The molecule has 0 bridgehead atoms. The van der Waals surface area contributed by atoms with E-state index in [4.69, 9.17) is 5.73 Å². The van der Waals surface area contributed by atoms with Gasteiger partial charge in [0.15, 0.2) is 11.3 Å². The highest BCUT2D eigenvalue weighted by Gasteiger charge is 2.42. The van der Waals surface area contributed by atoms with Crippen LogP contribution in [0.3, 0.4) is 0 Å². The predicted molar refractivity (Wildman–Crippen MR) is 124 cm³/mol. The fraction of sp³-hybridized carbons (Fsp3) is 0.208. The highest BCUT2D eigenvalue weighted by atomic mass is 16.3. The Hall–Kier alpha value is -4.49. The van der Waals surface area contributed by atoms with Crippen LogP contribution in [0, 0.1) is 11.8 Å². The summed E-state index contributed by atoms with van der Waals surface area (Å²) in [6.07, 6.45) is 3.73. The first-order valence-electron chi connectivity index (χ1n) is 10.6. The number of nitrogens with zero attached hydrogens (tertiary/aromatic N) is 6. The number of aryl methyl sites for hydroxylation is 1. The molecule has 1 saturated heterocycles. The molecular weight excluding hydrogens is 434 g/mol. The number of fused-ring (bicyclic) bond motifs is 1. The summed E-state index contributed by atoms with van der Waals surface area (Å²) in [5.74, 6) is 4.51. The molecule has 2 amide bonds. The molecule has 1 aliphatic rings. The number of likely N-dealkylation sites (tertiary alicyclic amines) is 1. The zero-order chi connectivity index (χ0) is 24.0. The Bertz CT molecular complexity index is 1520. The molecule has 4 heterocycles. The van der Waals surface area contributed by atoms with Crippen molar-refractivity contribution in [3.8, 4) is 28.8 Å². The van der Waals surface area contributed by atoms with Gasteiger partial charge in [-0.15, -0.1) is 0 Å². The molecule has 10 nitrogen and oxygen atoms in total. The first-order chi connectivity index (χ1) is 16.2. The molecule has 0 saturated carbocycles. The molecule has 0 aliphatic carbocycles. The minimum absolute atomic E-state index is 0.0886. The van der Waals surface area contributed by atoms with Gasteiger partial charge < -0.3 is 15.7 Å². The van der Waals surface area contributed by atoms with E-state index in [0.29, 0.717) is 34.5 Å². The molecule has 3 N–H and O–H groups in total. The standard InChI is InChI=1S/C24H21N7O3/c1-29-11-9-24(34,23(29)33)8-6-15-4-3-5-17(12-15)31-22-18(20(28-31)21(25)32)13-16(14-26-22)19-7-10-30(2)27-19/h3-5,7,10,12-14,34H,9,11H2,1-2H3,(H2,25,32). The van der Waals surface area contributed by atoms with Crippen molar-refractivity contribution < 1.29 is 14.7 Å². The van der Waals surface area contributed by atoms with Crippen LogP contribution in [0.15, 0.2) is 48.8 Å². The van der Waals surface area contributed by atoms with Crippen LogP contribution in [-0.2, 0) is 11.8 Å². The van der Waals surface area contributed by atoms with Gasteiger partial charge in [0.05, 0.1) is 16.8 Å². The largest absolute Gasteiger partial charge is 0.369 e. The number of carbonyl (C=O) groups is 2. The van der Waals surface area contributed by atoms with Crippen LogP contribution in [0.25, 0.3) is 28.0 Å². The molecule has 1 aliphatic heterocycles. The number of amides is 2. The summed E-state index contributed by atoms with van der Waals surface area (Å²) in [7, 11) is 3.45. The summed E-state index contributed by atoms with van der Waals surface area (Å²) >= 11 is 0. The number of benzene rings is 1. The Morgan fingerprint density at radius 1 is 1.21 bits per heavy atom. The third-order valence-corrected chi connectivity index (χ3v) is 5.78. The Morgan fingerprint density at radius 3 is 2.71 bits per heavy atom. The van der Waals surface area contributed by atoms with Crippen molar-refractivity contribution in [1.82, 2.24) is 29.4 Å². The van der Waals surface area contributed by atoms with Crippen molar-refractivity contribution >= 4 is 22.8 Å². The van der Waals surface area contributed by atoms with Gasteiger partial charge in [0.2, 0.25) is 5.60 Å². The Labute approximate surface area is 194 Å². The molecule has 1 unspecified atom stereocenters. The van der Waals surface area contributed by atoms with Crippen molar-refractivity contribution in [2.45, 2.75) is 12.0 Å². The number of aliphatic hydroxyl groups is 1. The average molecular weight is 455 g/mol. The maximum absolute atomic E-state index is 12.2. The van der Waals surface area contributed by atoms with E-state index >= 15 is 0 Å². The monoisotopic (exact) mass is 455 g/mol. The number of hydrogen-bond donors (Lipinski definition) is 2. The van der Waals surface area contributed by atoms with E-state index in [9.17, 15) is 14.7 Å². The summed E-state index contributed by atoms with van der Waals surface area (Å²) in [5.41, 5.74) is 7.07. The summed E-state index contributed by atoms with van der Waals surface area (Å²) in [6, 6.07) is 10.7. The van der Waals surface area contributed by atoms with Crippen LogP contribution < -0.4 is 5.73 Å². The second kappa shape index (κ2) is 7.83. The molecule has 5 rings (SSSR count). The molecule has 170 valence electrons. The van der Waals surface area contributed by atoms with E-state index in [2.05, 4.69) is 27.0 Å². The molecule has 0 radical (unpaired) electrons. The number of carbonyl (C=O) groups excluding carboxylic acids is 2. The van der Waals surface area contributed by atoms with Crippen LogP contribution in [0.1, 0.15) is 22.5 Å². The minimum Gasteiger partial charge on any atom is -0.369 e. The Morgan fingerprint density at radius 2 is 2.03 bits per heavy atom. The van der Waals surface area contributed by atoms with Crippen molar-refractivity contribution in [3.63, 3.8) is 0 Å². The van der Waals surface area contributed by atoms with Crippen LogP contribution >= 0.6 is 0 Å². The van der Waals surface area contributed by atoms with Gasteiger partial charge in [-0.2, -0.15) is 10.2 Å². The second-order valence-corrected chi connectivity index (χ2v) is 8.23. The number of nitrogens with two attached hydrogens (primary N) is 1. The Kier molecular flexibility index (Phi) is 4.92. The first kappa shape index (κ1) is 21.4. The van der Waals surface area contributed by atoms with Gasteiger partial charge in [0, 0.05) is 50.6 Å². The fourth-order valence-corrected chi connectivity index (χ4v) is 3.93. The lowest BCUT2D eigenvalue weighted by Gasteiger charge is -2.13. The highest BCUT2D eigenvalue weighted by Crippen LogP contribution is 2.26. The van der Waals surface area contributed by atoms with Gasteiger partial charge in [-0.1, -0.05) is 17.9 Å². The number of aromatic nitrogens is 5. The van der Waals surface area contributed by atoms with Gasteiger partial charge in [0.1, 0.15) is 0 Å². The van der Waals surface area contributed by atoms with E-state index < -0.39 is 17.4 Å². The molecule has 0 spiro atoms. The van der Waals surface area contributed by atoms with E-state index in [1.165, 1.54) is 9.58 Å². The van der Waals surface area contributed by atoms with Crippen LogP contribution in [-0.4, -0.2) is 65.6 Å². The fourth-order valence-electron chi connectivity index (χ4n) is 3.93. The lowest BCUT2D eigenvalue weighted by molar-refractivity contribution is -0.137. The van der Waals surface area contributed by atoms with Gasteiger partial charge in [-0.05, 0) is 30.3 Å². The molecule has 34 heavy (non-hydrogen) atoms. The number of likely N-dealkylation sites (N-methyl/N-ethyl adjacent to an activating group) is 1. The smallest absolute Gasteiger partial charge is 0.269 e. The molecular formula is C24H21N7O3.